The minimum atomic E-state index is -0.923. The van der Waals surface area contributed by atoms with Crippen LogP contribution in [-0.2, 0) is 12.2 Å². The maximum Gasteiger partial charge on any atom is 0.119 e. The fourth-order valence-electron chi connectivity index (χ4n) is 3.68. The van der Waals surface area contributed by atoms with Crippen molar-refractivity contribution in [3.63, 3.8) is 0 Å². The molecule has 3 aromatic rings. The van der Waals surface area contributed by atoms with E-state index in [9.17, 15) is 5.11 Å². The Morgan fingerprint density at radius 1 is 0.926 bits per heavy atom. The first-order valence-electron chi connectivity index (χ1n) is 9.57. The lowest BCUT2D eigenvalue weighted by Gasteiger charge is -2.36. The normalized spacial score (nSPS) is 14.3. The van der Waals surface area contributed by atoms with Crippen molar-refractivity contribution < 1.29 is 9.84 Å². The maximum atomic E-state index is 11.5. The van der Waals surface area contributed by atoms with E-state index in [-0.39, 0.29) is 5.92 Å². The highest BCUT2D eigenvalue weighted by Gasteiger charge is 2.36. The van der Waals surface area contributed by atoms with Crippen LogP contribution >= 0.6 is 0 Å². The van der Waals surface area contributed by atoms with Gasteiger partial charge in [-0.2, -0.15) is 0 Å². The van der Waals surface area contributed by atoms with Gasteiger partial charge in [0, 0.05) is 18.3 Å². The maximum absolute atomic E-state index is 11.5. The Bertz CT molecular complexity index is 818. The Kier molecular flexibility index (Phi) is 6.25. The van der Waals surface area contributed by atoms with Gasteiger partial charge in [-0.05, 0) is 53.8 Å². The van der Waals surface area contributed by atoms with Crippen LogP contribution in [0.25, 0.3) is 0 Å². The standard InChI is InChI=1S/C24H27NO2/c1-3-23(20-14-16-25-17-15-20)24(26,4-2)21-10-12-22(13-11-21)27-18-19-8-6-5-7-9-19/h5-17,23,26H,3-4,18H2,1-2H3/t23-,24-/m0/s1. The lowest BCUT2D eigenvalue weighted by molar-refractivity contribution is 0.00141. The molecule has 3 heteroatoms. The van der Waals surface area contributed by atoms with E-state index in [2.05, 4.69) is 11.9 Å². The lowest BCUT2D eigenvalue weighted by Crippen LogP contribution is -2.32. The first-order valence-corrected chi connectivity index (χ1v) is 9.57. The van der Waals surface area contributed by atoms with Crippen LogP contribution < -0.4 is 4.74 Å². The van der Waals surface area contributed by atoms with Crippen molar-refractivity contribution in [2.45, 2.75) is 44.8 Å². The first-order chi connectivity index (χ1) is 13.2. The molecule has 3 nitrogen and oxygen atoms in total. The van der Waals surface area contributed by atoms with E-state index in [1.165, 1.54) is 0 Å². The number of aromatic nitrogens is 1. The smallest absolute Gasteiger partial charge is 0.119 e. The van der Waals surface area contributed by atoms with Gasteiger partial charge in [0.05, 0.1) is 5.60 Å². The molecule has 0 saturated heterocycles. The summed E-state index contributed by atoms with van der Waals surface area (Å²) in [6, 6.07) is 21.9. The summed E-state index contributed by atoms with van der Waals surface area (Å²) in [6.07, 6.45) is 5.06. The summed E-state index contributed by atoms with van der Waals surface area (Å²) in [5.74, 6) is 0.819. The molecule has 0 spiro atoms. The third kappa shape index (κ3) is 4.37. The molecule has 3 rings (SSSR count). The van der Waals surface area contributed by atoms with Gasteiger partial charge in [0.2, 0.25) is 0 Å². The molecule has 0 unspecified atom stereocenters. The summed E-state index contributed by atoms with van der Waals surface area (Å²) in [7, 11) is 0. The molecule has 0 saturated carbocycles. The van der Waals surface area contributed by atoms with Crippen LogP contribution in [-0.4, -0.2) is 10.1 Å². The number of pyridine rings is 1. The molecule has 0 fully saturated rings. The summed E-state index contributed by atoms with van der Waals surface area (Å²) < 4.78 is 5.87. The van der Waals surface area contributed by atoms with Crippen LogP contribution in [0.3, 0.4) is 0 Å². The molecule has 0 bridgehead atoms. The number of hydrogen-bond donors (Lipinski definition) is 1. The topological polar surface area (TPSA) is 42.4 Å². The summed E-state index contributed by atoms with van der Waals surface area (Å²) in [5, 5.41) is 11.5. The van der Waals surface area contributed by atoms with E-state index in [1.807, 2.05) is 73.7 Å². The third-order valence-electron chi connectivity index (χ3n) is 5.23. The van der Waals surface area contributed by atoms with Gasteiger partial charge in [-0.3, -0.25) is 4.98 Å². The second kappa shape index (κ2) is 8.83. The Morgan fingerprint density at radius 3 is 2.19 bits per heavy atom. The van der Waals surface area contributed by atoms with Gasteiger partial charge >= 0.3 is 0 Å². The van der Waals surface area contributed by atoms with E-state index in [1.54, 1.807) is 12.4 Å². The van der Waals surface area contributed by atoms with Crippen molar-refractivity contribution in [3.8, 4) is 5.75 Å². The summed E-state index contributed by atoms with van der Waals surface area (Å²) >= 11 is 0. The number of nitrogens with zero attached hydrogens (tertiary/aromatic N) is 1. The Balaban J connectivity index is 1.78. The Labute approximate surface area is 161 Å². The minimum absolute atomic E-state index is 0.0154. The quantitative estimate of drug-likeness (QED) is 0.580. The van der Waals surface area contributed by atoms with Gasteiger partial charge < -0.3 is 9.84 Å². The summed E-state index contributed by atoms with van der Waals surface area (Å²) in [4.78, 5) is 4.10. The fourth-order valence-corrected chi connectivity index (χ4v) is 3.68. The van der Waals surface area contributed by atoms with E-state index in [0.29, 0.717) is 13.0 Å². The number of rotatable bonds is 8. The Hall–Kier alpha value is -2.65. The highest BCUT2D eigenvalue weighted by Crippen LogP contribution is 2.42. The van der Waals surface area contributed by atoms with Crippen LogP contribution in [0.4, 0.5) is 0 Å². The molecule has 0 amide bonds. The van der Waals surface area contributed by atoms with Gasteiger partial charge in [-0.15, -0.1) is 0 Å². The van der Waals surface area contributed by atoms with Crippen molar-refractivity contribution in [1.82, 2.24) is 4.98 Å². The van der Waals surface area contributed by atoms with Crippen molar-refractivity contribution in [2.24, 2.45) is 0 Å². The van der Waals surface area contributed by atoms with E-state index in [4.69, 9.17) is 4.74 Å². The molecule has 2 atom stereocenters. The van der Waals surface area contributed by atoms with Crippen LogP contribution in [0.15, 0.2) is 79.1 Å². The minimum Gasteiger partial charge on any atom is -0.489 e. The molecule has 2 aromatic carbocycles. The fraction of sp³-hybridized carbons (Fsp3) is 0.292. The van der Waals surface area contributed by atoms with Crippen LogP contribution in [0.2, 0.25) is 0 Å². The zero-order chi connectivity index (χ0) is 19.1. The lowest BCUT2D eigenvalue weighted by atomic mass is 9.74. The molecule has 0 aliphatic rings. The van der Waals surface area contributed by atoms with Crippen LogP contribution in [0.5, 0.6) is 5.75 Å². The molecule has 0 radical (unpaired) electrons. The molecule has 0 aliphatic heterocycles. The van der Waals surface area contributed by atoms with E-state index < -0.39 is 5.60 Å². The molecule has 1 heterocycles. The predicted molar refractivity (Wildman–Crippen MR) is 109 cm³/mol. The molecular formula is C24H27NO2. The van der Waals surface area contributed by atoms with Crippen LogP contribution in [0.1, 0.15) is 49.3 Å². The molecule has 1 aromatic heterocycles. The largest absolute Gasteiger partial charge is 0.489 e. The third-order valence-corrected chi connectivity index (χ3v) is 5.23. The van der Waals surface area contributed by atoms with Gasteiger partial charge in [-0.1, -0.05) is 56.3 Å². The van der Waals surface area contributed by atoms with E-state index >= 15 is 0 Å². The summed E-state index contributed by atoms with van der Waals surface area (Å²) in [5.41, 5.74) is 2.24. The van der Waals surface area contributed by atoms with E-state index in [0.717, 1.165) is 28.9 Å². The number of aliphatic hydroxyl groups is 1. The average Bonchev–Trinajstić information content (AvgIpc) is 2.74. The molecule has 140 valence electrons. The van der Waals surface area contributed by atoms with Gasteiger partial charge in [-0.25, -0.2) is 0 Å². The zero-order valence-corrected chi connectivity index (χ0v) is 16.0. The molecule has 0 aliphatic carbocycles. The molecular weight excluding hydrogens is 334 g/mol. The SMILES string of the molecule is CC[C@@H](c1ccncc1)[C@](O)(CC)c1ccc(OCc2ccccc2)cc1. The molecule has 1 N–H and O–H groups in total. The van der Waals surface area contributed by atoms with Crippen molar-refractivity contribution in [3.05, 3.63) is 95.8 Å². The number of hydrogen-bond acceptors (Lipinski definition) is 3. The molecule has 27 heavy (non-hydrogen) atoms. The van der Waals surface area contributed by atoms with Gasteiger partial charge in [0.25, 0.3) is 0 Å². The van der Waals surface area contributed by atoms with Crippen molar-refractivity contribution >= 4 is 0 Å². The Morgan fingerprint density at radius 2 is 1.59 bits per heavy atom. The highest BCUT2D eigenvalue weighted by molar-refractivity contribution is 5.35. The average molecular weight is 361 g/mol. The predicted octanol–water partition coefficient (Wildman–Crippen LogP) is 5.45. The van der Waals surface area contributed by atoms with Crippen molar-refractivity contribution in [2.75, 3.05) is 0 Å². The van der Waals surface area contributed by atoms with Crippen LogP contribution in [0, 0.1) is 0 Å². The van der Waals surface area contributed by atoms with Crippen molar-refractivity contribution in [1.29, 1.82) is 0 Å². The second-order valence-corrected chi connectivity index (χ2v) is 6.82. The van der Waals surface area contributed by atoms with Gasteiger partial charge in [0.1, 0.15) is 12.4 Å². The second-order valence-electron chi connectivity index (χ2n) is 6.82. The zero-order valence-electron chi connectivity index (χ0n) is 16.0. The number of ether oxygens (including phenoxy) is 1. The number of benzene rings is 2. The summed E-state index contributed by atoms with van der Waals surface area (Å²) in [6.45, 7) is 4.68. The highest BCUT2D eigenvalue weighted by atomic mass is 16.5. The first kappa shape index (κ1) is 19.1. The van der Waals surface area contributed by atoms with Gasteiger partial charge in [0.15, 0.2) is 0 Å². The monoisotopic (exact) mass is 361 g/mol.